The van der Waals surface area contributed by atoms with Gasteiger partial charge >= 0.3 is 0 Å². The first-order valence-corrected chi connectivity index (χ1v) is 10.5. The predicted octanol–water partition coefficient (Wildman–Crippen LogP) is 2.71. The molecule has 0 atom stereocenters. The van der Waals surface area contributed by atoms with E-state index in [9.17, 15) is 18.5 Å². The Hall–Kier alpha value is -2.65. The van der Waals surface area contributed by atoms with Gasteiger partial charge in [-0.1, -0.05) is 12.1 Å². The number of nitro groups is 1. The lowest BCUT2D eigenvalue weighted by molar-refractivity contribution is -0.385. The van der Waals surface area contributed by atoms with E-state index in [4.69, 9.17) is 9.88 Å². The maximum atomic E-state index is 12.0. The number of hydrogen-bond donors (Lipinski definition) is 1. The number of ether oxygens (including phenoxy) is 1. The highest BCUT2D eigenvalue weighted by atomic mass is 32.2. The maximum absolute atomic E-state index is 12.0. The van der Waals surface area contributed by atoms with E-state index in [1.54, 1.807) is 7.11 Å². The van der Waals surface area contributed by atoms with Crippen molar-refractivity contribution in [2.45, 2.75) is 24.2 Å². The van der Waals surface area contributed by atoms with E-state index in [0.29, 0.717) is 24.7 Å². The van der Waals surface area contributed by atoms with Gasteiger partial charge in [-0.2, -0.15) is 0 Å². The molecule has 0 saturated carbocycles. The van der Waals surface area contributed by atoms with Crippen LogP contribution >= 0.6 is 0 Å². The van der Waals surface area contributed by atoms with Gasteiger partial charge in [-0.25, -0.2) is 13.6 Å². The third-order valence-corrected chi connectivity index (χ3v) is 6.01. The molecule has 0 amide bonds. The first-order chi connectivity index (χ1) is 13.3. The van der Waals surface area contributed by atoms with Crippen LogP contribution in [0.25, 0.3) is 0 Å². The van der Waals surface area contributed by atoms with Gasteiger partial charge in [0.1, 0.15) is 10.6 Å². The molecular weight excluding hydrogens is 382 g/mol. The SMILES string of the molecule is COc1cccc(CC2CCN(c3ccc([N+](=O)[O-])cc3S(N)(=O)=O)CC2)c1. The molecule has 1 saturated heterocycles. The van der Waals surface area contributed by atoms with Crippen LogP contribution in [0.3, 0.4) is 0 Å². The second-order valence-corrected chi connectivity index (χ2v) is 8.47. The van der Waals surface area contributed by atoms with Gasteiger partial charge in [0, 0.05) is 25.2 Å². The molecule has 9 heteroatoms. The minimum atomic E-state index is -4.07. The van der Waals surface area contributed by atoms with Crippen LogP contribution in [0.2, 0.25) is 0 Å². The van der Waals surface area contributed by atoms with E-state index in [1.165, 1.54) is 17.7 Å². The topological polar surface area (TPSA) is 116 Å². The summed E-state index contributed by atoms with van der Waals surface area (Å²) in [4.78, 5) is 12.1. The van der Waals surface area contributed by atoms with Crippen LogP contribution in [0.4, 0.5) is 11.4 Å². The van der Waals surface area contributed by atoms with Crippen molar-refractivity contribution in [1.29, 1.82) is 0 Å². The average molecular weight is 405 g/mol. The molecule has 3 rings (SSSR count). The van der Waals surface area contributed by atoms with Crippen molar-refractivity contribution >= 4 is 21.4 Å². The van der Waals surface area contributed by atoms with Crippen LogP contribution in [-0.4, -0.2) is 33.5 Å². The number of benzene rings is 2. The van der Waals surface area contributed by atoms with Gasteiger partial charge in [0.15, 0.2) is 0 Å². The van der Waals surface area contributed by atoms with Gasteiger partial charge in [-0.15, -0.1) is 0 Å². The zero-order valence-electron chi connectivity index (χ0n) is 15.6. The monoisotopic (exact) mass is 405 g/mol. The lowest BCUT2D eigenvalue weighted by atomic mass is 9.90. The molecule has 1 aliphatic heterocycles. The van der Waals surface area contributed by atoms with Crippen molar-refractivity contribution in [2.75, 3.05) is 25.1 Å². The fourth-order valence-electron chi connectivity index (χ4n) is 3.62. The summed E-state index contributed by atoms with van der Waals surface area (Å²) >= 11 is 0. The van der Waals surface area contributed by atoms with Gasteiger partial charge in [0.05, 0.1) is 17.7 Å². The van der Waals surface area contributed by atoms with Crippen LogP contribution in [0.15, 0.2) is 47.4 Å². The molecule has 1 heterocycles. The highest BCUT2D eigenvalue weighted by Gasteiger charge is 2.26. The average Bonchev–Trinajstić information content (AvgIpc) is 2.67. The highest BCUT2D eigenvalue weighted by molar-refractivity contribution is 7.89. The molecule has 1 fully saturated rings. The molecule has 2 aromatic carbocycles. The number of anilines is 1. The molecule has 28 heavy (non-hydrogen) atoms. The number of methoxy groups -OCH3 is 1. The second kappa shape index (κ2) is 8.15. The Bertz CT molecular complexity index is 969. The number of hydrogen-bond acceptors (Lipinski definition) is 6. The Morgan fingerprint density at radius 1 is 1.21 bits per heavy atom. The molecule has 2 N–H and O–H groups in total. The normalized spacial score (nSPS) is 15.4. The number of primary sulfonamides is 1. The van der Waals surface area contributed by atoms with Crippen LogP contribution in [0, 0.1) is 16.0 Å². The zero-order valence-corrected chi connectivity index (χ0v) is 16.4. The summed E-state index contributed by atoms with van der Waals surface area (Å²) in [5.41, 5.74) is 1.34. The summed E-state index contributed by atoms with van der Waals surface area (Å²) in [6.45, 7) is 1.32. The number of piperidine rings is 1. The van der Waals surface area contributed by atoms with Gasteiger partial charge in [-0.3, -0.25) is 10.1 Å². The first-order valence-electron chi connectivity index (χ1n) is 8.97. The predicted molar refractivity (Wildman–Crippen MR) is 106 cm³/mol. The van der Waals surface area contributed by atoms with Gasteiger partial charge in [-0.05, 0) is 48.9 Å². The van der Waals surface area contributed by atoms with Crippen molar-refractivity contribution in [2.24, 2.45) is 11.1 Å². The van der Waals surface area contributed by atoms with Crippen LogP contribution in [0.1, 0.15) is 18.4 Å². The zero-order chi connectivity index (χ0) is 20.3. The molecule has 8 nitrogen and oxygen atoms in total. The third kappa shape index (κ3) is 4.60. The maximum Gasteiger partial charge on any atom is 0.270 e. The lowest BCUT2D eigenvalue weighted by Gasteiger charge is -2.34. The number of rotatable bonds is 6. The Balaban J connectivity index is 1.73. The Labute approximate surface area is 164 Å². The Kier molecular flexibility index (Phi) is 5.85. The molecule has 0 unspecified atom stereocenters. The number of sulfonamides is 1. The molecule has 1 aliphatic rings. The molecular formula is C19H23N3O5S. The quantitative estimate of drug-likeness (QED) is 0.583. The Morgan fingerprint density at radius 2 is 1.93 bits per heavy atom. The van der Waals surface area contributed by atoms with Crippen LogP contribution < -0.4 is 14.8 Å². The van der Waals surface area contributed by atoms with Crippen molar-refractivity contribution in [3.63, 3.8) is 0 Å². The van der Waals surface area contributed by atoms with Gasteiger partial charge < -0.3 is 9.64 Å². The van der Waals surface area contributed by atoms with Crippen molar-refractivity contribution in [3.8, 4) is 5.75 Å². The summed E-state index contributed by atoms with van der Waals surface area (Å²) in [5.74, 6) is 1.30. The van der Waals surface area contributed by atoms with Crippen LogP contribution in [-0.2, 0) is 16.4 Å². The summed E-state index contributed by atoms with van der Waals surface area (Å²) in [5, 5.41) is 16.3. The summed E-state index contributed by atoms with van der Waals surface area (Å²) in [6, 6.07) is 11.8. The number of nitro benzene ring substituents is 1. The minimum Gasteiger partial charge on any atom is -0.497 e. The summed E-state index contributed by atoms with van der Waals surface area (Å²) in [7, 11) is -2.42. The van der Waals surface area contributed by atoms with Crippen LogP contribution in [0.5, 0.6) is 5.75 Å². The largest absolute Gasteiger partial charge is 0.497 e. The minimum absolute atomic E-state index is 0.201. The molecule has 2 aromatic rings. The summed E-state index contributed by atoms with van der Waals surface area (Å²) < 4.78 is 29.2. The first kappa shape index (κ1) is 20.1. The highest BCUT2D eigenvalue weighted by Crippen LogP contribution is 2.32. The molecule has 0 aliphatic carbocycles. The fraction of sp³-hybridized carbons (Fsp3) is 0.368. The van der Waals surface area contributed by atoms with E-state index in [1.807, 2.05) is 23.1 Å². The molecule has 150 valence electrons. The summed E-state index contributed by atoms with van der Waals surface area (Å²) in [6.07, 6.45) is 2.70. The fourth-order valence-corrected chi connectivity index (χ4v) is 4.39. The molecule has 0 bridgehead atoms. The number of nitrogens with zero attached hydrogens (tertiary/aromatic N) is 2. The van der Waals surface area contributed by atoms with E-state index in [-0.39, 0.29) is 10.6 Å². The van der Waals surface area contributed by atoms with Crippen molar-refractivity contribution in [3.05, 3.63) is 58.1 Å². The van der Waals surface area contributed by atoms with Crippen molar-refractivity contribution in [1.82, 2.24) is 0 Å². The standard InChI is InChI=1S/C19H23N3O5S/c1-27-17-4-2-3-15(12-17)11-14-7-9-21(10-8-14)18-6-5-16(22(23)24)13-19(18)28(20,25)26/h2-6,12-14H,7-11H2,1H3,(H2,20,25,26). The van der Waals surface area contributed by atoms with E-state index < -0.39 is 14.9 Å². The van der Waals surface area contributed by atoms with Gasteiger partial charge in [0.25, 0.3) is 5.69 Å². The van der Waals surface area contributed by atoms with E-state index in [0.717, 1.165) is 31.1 Å². The molecule has 0 spiro atoms. The number of nitrogens with two attached hydrogens (primary N) is 1. The lowest BCUT2D eigenvalue weighted by Crippen LogP contribution is -2.35. The van der Waals surface area contributed by atoms with E-state index in [2.05, 4.69) is 6.07 Å². The molecule has 0 aromatic heterocycles. The van der Waals surface area contributed by atoms with Gasteiger partial charge in [0.2, 0.25) is 10.0 Å². The van der Waals surface area contributed by atoms with Crippen molar-refractivity contribution < 1.29 is 18.1 Å². The third-order valence-electron chi connectivity index (χ3n) is 5.07. The smallest absolute Gasteiger partial charge is 0.270 e. The van der Waals surface area contributed by atoms with E-state index >= 15 is 0 Å². The molecule has 0 radical (unpaired) electrons. The Morgan fingerprint density at radius 3 is 2.54 bits per heavy atom. The second-order valence-electron chi connectivity index (χ2n) is 6.94. The number of non-ortho nitro benzene ring substituents is 1.